The summed E-state index contributed by atoms with van der Waals surface area (Å²) >= 11 is 0. The van der Waals surface area contributed by atoms with Crippen molar-refractivity contribution in [3.05, 3.63) is 24.0 Å². The topological polar surface area (TPSA) is 57.7 Å². The Morgan fingerprint density at radius 2 is 2.53 bits per heavy atom. The molecule has 0 saturated carbocycles. The second kappa shape index (κ2) is 5.63. The zero-order valence-electron chi connectivity index (χ0n) is 9.72. The molecule has 5 heteroatoms. The number of rotatable bonds is 4. The van der Waals surface area contributed by atoms with Crippen molar-refractivity contribution in [2.75, 3.05) is 20.3 Å². The fourth-order valence-electron chi connectivity index (χ4n) is 1.73. The quantitative estimate of drug-likeness (QED) is 0.741. The second-order valence-electron chi connectivity index (χ2n) is 3.81. The monoisotopic (exact) mass is 237 g/mol. The molecule has 0 spiro atoms. The van der Waals surface area contributed by atoms with Gasteiger partial charge in [0.15, 0.2) is 0 Å². The summed E-state index contributed by atoms with van der Waals surface area (Å²) in [5, 5.41) is 0. The lowest BCUT2D eigenvalue weighted by Gasteiger charge is -2.13. The lowest BCUT2D eigenvalue weighted by Crippen LogP contribution is -2.17. The first kappa shape index (κ1) is 11.9. The first-order valence-corrected chi connectivity index (χ1v) is 5.58. The number of esters is 1. The van der Waals surface area contributed by atoms with Gasteiger partial charge in [0, 0.05) is 19.0 Å². The van der Waals surface area contributed by atoms with E-state index in [4.69, 9.17) is 9.47 Å². The van der Waals surface area contributed by atoms with Crippen molar-refractivity contribution in [1.29, 1.82) is 0 Å². The van der Waals surface area contributed by atoms with Gasteiger partial charge in [-0.15, -0.1) is 0 Å². The molecule has 1 fully saturated rings. The van der Waals surface area contributed by atoms with Crippen LogP contribution in [0.3, 0.4) is 0 Å². The van der Waals surface area contributed by atoms with Crippen LogP contribution in [-0.2, 0) is 9.47 Å². The maximum Gasteiger partial charge on any atom is 0.343 e. The molecule has 17 heavy (non-hydrogen) atoms. The molecule has 1 aromatic heterocycles. The van der Waals surface area contributed by atoms with Crippen LogP contribution in [-0.4, -0.2) is 37.4 Å². The third kappa shape index (κ3) is 2.94. The summed E-state index contributed by atoms with van der Waals surface area (Å²) in [6.45, 7) is 1.24. The molecule has 0 amide bonds. The summed E-state index contributed by atoms with van der Waals surface area (Å²) in [6, 6.07) is 1.65. The Balaban J connectivity index is 2.01. The summed E-state index contributed by atoms with van der Waals surface area (Å²) in [5.41, 5.74) is 0.341. The molecule has 0 radical (unpaired) electrons. The van der Waals surface area contributed by atoms with E-state index in [1.807, 2.05) is 0 Å². The Bertz CT molecular complexity index is 388. The van der Waals surface area contributed by atoms with E-state index in [2.05, 4.69) is 9.72 Å². The van der Waals surface area contributed by atoms with E-state index in [1.54, 1.807) is 12.3 Å². The molecular weight excluding hydrogens is 222 g/mol. The SMILES string of the molecule is COC(=O)c1cnccc1OCC1CCCO1. The predicted octanol–water partition coefficient (Wildman–Crippen LogP) is 1.43. The third-order valence-corrected chi connectivity index (χ3v) is 2.64. The molecule has 1 aromatic rings. The number of methoxy groups -OCH3 is 1. The molecule has 92 valence electrons. The molecule has 2 rings (SSSR count). The molecule has 5 nitrogen and oxygen atoms in total. The van der Waals surface area contributed by atoms with Crippen LogP contribution in [0.1, 0.15) is 23.2 Å². The van der Waals surface area contributed by atoms with Crippen molar-refractivity contribution in [3.63, 3.8) is 0 Å². The number of hydrogen-bond acceptors (Lipinski definition) is 5. The molecule has 0 N–H and O–H groups in total. The molecule has 0 aromatic carbocycles. The van der Waals surface area contributed by atoms with E-state index in [0.717, 1.165) is 19.4 Å². The molecule has 1 aliphatic heterocycles. The molecule has 1 unspecified atom stereocenters. The zero-order chi connectivity index (χ0) is 12.1. The van der Waals surface area contributed by atoms with Crippen LogP contribution in [0.25, 0.3) is 0 Å². The maximum absolute atomic E-state index is 11.5. The first-order chi connectivity index (χ1) is 8.31. The molecule has 0 aliphatic carbocycles. The van der Waals surface area contributed by atoms with Gasteiger partial charge >= 0.3 is 5.97 Å². The van der Waals surface area contributed by atoms with Crippen LogP contribution in [0.5, 0.6) is 5.75 Å². The summed E-state index contributed by atoms with van der Waals surface area (Å²) < 4.78 is 15.7. The van der Waals surface area contributed by atoms with Gasteiger partial charge in [0.05, 0.1) is 13.2 Å². The van der Waals surface area contributed by atoms with Crippen LogP contribution >= 0.6 is 0 Å². The molecule has 1 atom stereocenters. The lowest BCUT2D eigenvalue weighted by atomic mass is 10.2. The van der Waals surface area contributed by atoms with Gasteiger partial charge in [0.1, 0.15) is 17.9 Å². The van der Waals surface area contributed by atoms with Gasteiger partial charge < -0.3 is 14.2 Å². The highest BCUT2D eigenvalue weighted by molar-refractivity contribution is 5.91. The smallest absolute Gasteiger partial charge is 0.343 e. The lowest BCUT2D eigenvalue weighted by molar-refractivity contribution is 0.0567. The van der Waals surface area contributed by atoms with Gasteiger partial charge in [-0.1, -0.05) is 0 Å². The molecular formula is C12H15NO4. The Labute approximate surface area is 99.7 Å². The number of carbonyl (C=O) groups excluding carboxylic acids is 1. The van der Waals surface area contributed by atoms with E-state index in [0.29, 0.717) is 17.9 Å². The summed E-state index contributed by atoms with van der Waals surface area (Å²) in [6.07, 6.45) is 5.20. The maximum atomic E-state index is 11.5. The highest BCUT2D eigenvalue weighted by Gasteiger charge is 2.18. The van der Waals surface area contributed by atoms with E-state index in [9.17, 15) is 4.79 Å². The van der Waals surface area contributed by atoms with Crippen LogP contribution in [0, 0.1) is 0 Å². The number of carbonyl (C=O) groups is 1. The largest absolute Gasteiger partial charge is 0.490 e. The summed E-state index contributed by atoms with van der Waals surface area (Å²) in [5.74, 6) is 0.0443. The predicted molar refractivity (Wildman–Crippen MR) is 60.0 cm³/mol. The van der Waals surface area contributed by atoms with Crippen LogP contribution in [0.2, 0.25) is 0 Å². The highest BCUT2D eigenvalue weighted by atomic mass is 16.5. The minimum absolute atomic E-state index is 0.119. The zero-order valence-corrected chi connectivity index (χ0v) is 9.72. The normalized spacial score (nSPS) is 19.0. The van der Waals surface area contributed by atoms with Crippen molar-refractivity contribution in [2.24, 2.45) is 0 Å². The van der Waals surface area contributed by atoms with Gasteiger partial charge in [-0.3, -0.25) is 4.98 Å². The number of hydrogen-bond donors (Lipinski definition) is 0. The summed E-state index contributed by atoms with van der Waals surface area (Å²) in [4.78, 5) is 15.3. The Hall–Kier alpha value is -1.62. The standard InChI is InChI=1S/C12H15NO4/c1-15-12(14)10-7-13-5-4-11(10)17-8-9-3-2-6-16-9/h4-5,7,9H,2-3,6,8H2,1H3. The highest BCUT2D eigenvalue weighted by Crippen LogP contribution is 2.19. The van der Waals surface area contributed by atoms with Gasteiger partial charge in [-0.2, -0.15) is 0 Å². The number of nitrogens with zero attached hydrogens (tertiary/aromatic N) is 1. The number of aromatic nitrogens is 1. The van der Waals surface area contributed by atoms with Crippen molar-refractivity contribution < 1.29 is 19.0 Å². The Morgan fingerprint density at radius 1 is 1.65 bits per heavy atom. The van der Waals surface area contributed by atoms with E-state index in [-0.39, 0.29) is 6.10 Å². The minimum atomic E-state index is -0.444. The second-order valence-corrected chi connectivity index (χ2v) is 3.81. The fraction of sp³-hybridized carbons (Fsp3) is 0.500. The van der Waals surface area contributed by atoms with Gasteiger partial charge in [-0.05, 0) is 18.9 Å². The first-order valence-electron chi connectivity index (χ1n) is 5.58. The van der Waals surface area contributed by atoms with Crippen molar-refractivity contribution in [1.82, 2.24) is 4.98 Å². The van der Waals surface area contributed by atoms with Crippen LogP contribution < -0.4 is 4.74 Å². The van der Waals surface area contributed by atoms with Crippen LogP contribution in [0.4, 0.5) is 0 Å². The number of ether oxygens (including phenoxy) is 3. The molecule has 1 aliphatic rings. The van der Waals surface area contributed by atoms with Crippen molar-refractivity contribution in [2.45, 2.75) is 18.9 Å². The molecule has 1 saturated heterocycles. The van der Waals surface area contributed by atoms with Gasteiger partial charge in [0.2, 0.25) is 0 Å². The van der Waals surface area contributed by atoms with E-state index in [1.165, 1.54) is 13.3 Å². The molecule has 2 heterocycles. The number of pyridine rings is 1. The van der Waals surface area contributed by atoms with Crippen molar-refractivity contribution in [3.8, 4) is 5.75 Å². The molecule has 0 bridgehead atoms. The van der Waals surface area contributed by atoms with Gasteiger partial charge in [-0.25, -0.2) is 4.79 Å². The van der Waals surface area contributed by atoms with Crippen molar-refractivity contribution >= 4 is 5.97 Å². The van der Waals surface area contributed by atoms with E-state index < -0.39 is 5.97 Å². The van der Waals surface area contributed by atoms with Crippen LogP contribution in [0.15, 0.2) is 18.5 Å². The average Bonchev–Trinajstić information content (AvgIpc) is 2.89. The fourth-order valence-corrected chi connectivity index (χ4v) is 1.73. The van der Waals surface area contributed by atoms with Gasteiger partial charge in [0.25, 0.3) is 0 Å². The minimum Gasteiger partial charge on any atom is -0.490 e. The Morgan fingerprint density at radius 3 is 3.24 bits per heavy atom. The Kier molecular flexibility index (Phi) is 3.93. The average molecular weight is 237 g/mol. The third-order valence-electron chi connectivity index (χ3n) is 2.64. The van der Waals surface area contributed by atoms with E-state index >= 15 is 0 Å². The summed E-state index contributed by atoms with van der Waals surface area (Å²) in [7, 11) is 1.33.